The molecule has 2 aromatic carbocycles. The first-order valence-electron chi connectivity index (χ1n) is 6.02. The molecule has 0 aliphatic carbocycles. The summed E-state index contributed by atoms with van der Waals surface area (Å²) in [6.07, 6.45) is 0.712. The van der Waals surface area contributed by atoms with Gasteiger partial charge in [-0.05, 0) is 49.2 Å². The predicted molar refractivity (Wildman–Crippen MR) is 80.3 cm³/mol. The molecule has 100 valence electrons. The van der Waals surface area contributed by atoms with Crippen LogP contribution in [0.15, 0.2) is 42.5 Å². The van der Waals surface area contributed by atoms with Crippen LogP contribution in [0, 0.1) is 0 Å². The number of halogens is 2. The van der Waals surface area contributed by atoms with E-state index >= 15 is 0 Å². The van der Waals surface area contributed by atoms with Crippen molar-refractivity contribution in [3.8, 4) is 11.5 Å². The number of ether oxygens (including phenoxy) is 1. The highest BCUT2D eigenvalue weighted by atomic mass is 35.5. The molecule has 2 aromatic rings. The highest BCUT2D eigenvalue weighted by molar-refractivity contribution is 6.32. The summed E-state index contributed by atoms with van der Waals surface area (Å²) in [7, 11) is 0. The second-order valence-electron chi connectivity index (χ2n) is 4.47. The Morgan fingerprint density at radius 1 is 1.11 bits per heavy atom. The van der Waals surface area contributed by atoms with Crippen molar-refractivity contribution in [2.75, 3.05) is 0 Å². The molecule has 1 unspecified atom stereocenters. The summed E-state index contributed by atoms with van der Waals surface area (Å²) < 4.78 is 5.85. The molecule has 2 N–H and O–H groups in total. The predicted octanol–water partition coefficient (Wildman–Crippen LogP) is 4.68. The SMILES string of the molecule is CC(N)Cc1cccc(Cl)c1Oc1ccc(Cl)cc1. The highest BCUT2D eigenvalue weighted by Gasteiger charge is 2.11. The van der Waals surface area contributed by atoms with Crippen LogP contribution < -0.4 is 10.5 Å². The Hall–Kier alpha value is -1.22. The topological polar surface area (TPSA) is 35.2 Å². The van der Waals surface area contributed by atoms with Gasteiger partial charge in [0.15, 0.2) is 0 Å². The van der Waals surface area contributed by atoms with Gasteiger partial charge in [0.2, 0.25) is 0 Å². The first kappa shape index (κ1) is 14.2. The van der Waals surface area contributed by atoms with Gasteiger partial charge in [0.05, 0.1) is 5.02 Å². The molecule has 0 saturated heterocycles. The molecule has 0 heterocycles. The zero-order valence-electron chi connectivity index (χ0n) is 10.6. The molecule has 0 spiro atoms. The summed E-state index contributed by atoms with van der Waals surface area (Å²) in [4.78, 5) is 0. The molecule has 0 aliphatic rings. The van der Waals surface area contributed by atoms with Crippen molar-refractivity contribution < 1.29 is 4.74 Å². The lowest BCUT2D eigenvalue weighted by atomic mass is 10.1. The smallest absolute Gasteiger partial charge is 0.149 e. The molecule has 0 bridgehead atoms. The molecule has 0 radical (unpaired) electrons. The van der Waals surface area contributed by atoms with E-state index in [0.717, 1.165) is 5.56 Å². The molecule has 2 nitrogen and oxygen atoms in total. The van der Waals surface area contributed by atoms with Crippen LogP contribution in [0.3, 0.4) is 0 Å². The molecule has 0 aliphatic heterocycles. The quantitative estimate of drug-likeness (QED) is 0.889. The Balaban J connectivity index is 2.30. The van der Waals surface area contributed by atoms with E-state index in [1.165, 1.54) is 0 Å². The lowest BCUT2D eigenvalue weighted by Gasteiger charge is -2.14. The van der Waals surface area contributed by atoms with Crippen molar-refractivity contribution in [3.05, 3.63) is 58.1 Å². The first-order chi connectivity index (χ1) is 9.06. The summed E-state index contributed by atoms with van der Waals surface area (Å²) in [5.41, 5.74) is 6.84. The van der Waals surface area contributed by atoms with Gasteiger partial charge in [-0.15, -0.1) is 0 Å². The van der Waals surface area contributed by atoms with Gasteiger partial charge in [0.25, 0.3) is 0 Å². The summed E-state index contributed by atoms with van der Waals surface area (Å²) >= 11 is 12.1. The summed E-state index contributed by atoms with van der Waals surface area (Å²) in [5.74, 6) is 1.35. The zero-order valence-corrected chi connectivity index (χ0v) is 12.1. The van der Waals surface area contributed by atoms with Crippen molar-refractivity contribution in [1.29, 1.82) is 0 Å². The largest absolute Gasteiger partial charge is 0.456 e. The third kappa shape index (κ3) is 3.87. The molecule has 0 fully saturated rings. The molecule has 0 aromatic heterocycles. The van der Waals surface area contributed by atoms with Gasteiger partial charge in [-0.1, -0.05) is 35.3 Å². The van der Waals surface area contributed by atoms with Crippen LogP contribution in [-0.2, 0) is 6.42 Å². The molecule has 2 rings (SSSR count). The Morgan fingerprint density at radius 3 is 2.42 bits per heavy atom. The van der Waals surface area contributed by atoms with Crippen LogP contribution in [0.5, 0.6) is 11.5 Å². The van der Waals surface area contributed by atoms with Crippen molar-refractivity contribution in [3.63, 3.8) is 0 Å². The number of benzene rings is 2. The van der Waals surface area contributed by atoms with Gasteiger partial charge in [-0.2, -0.15) is 0 Å². The van der Waals surface area contributed by atoms with Gasteiger partial charge in [0.1, 0.15) is 11.5 Å². The van der Waals surface area contributed by atoms with Crippen LogP contribution in [-0.4, -0.2) is 6.04 Å². The maximum Gasteiger partial charge on any atom is 0.149 e. The molecule has 19 heavy (non-hydrogen) atoms. The number of hydrogen-bond acceptors (Lipinski definition) is 2. The van der Waals surface area contributed by atoms with Gasteiger partial charge in [-0.25, -0.2) is 0 Å². The van der Waals surface area contributed by atoms with E-state index in [9.17, 15) is 0 Å². The molecular weight excluding hydrogens is 281 g/mol. The average molecular weight is 296 g/mol. The van der Waals surface area contributed by atoms with Gasteiger partial charge in [-0.3, -0.25) is 0 Å². The first-order valence-corrected chi connectivity index (χ1v) is 6.78. The Kier molecular flexibility index (Phi) is 4.70. The second-order valence-corrected chi connectivity index (χ2v) is 5.31. The van der Waals surface area contributed by atoms with Gasteiger partial charge in [0, 0.05) is 11.1 Å². The second kappa shape index (κ2) is 6.29. The van der Waals surface area contributed by atoms with E-state index < -0.39 is 0 Å². The third-order valence-electron chi connectivity index (χ3n) is 2.62. The number of rotatable bonds is 4. The zero-order chi connectivity index (χ0) is 13.8. The van der Waals surface area contributed by atoms with Crippen LogP contribution >= 0.6 is 23.2 Å². The molecule has 0 amide bonds. The minimum Gasteiger partial charge on any atom is -0.456 e. The molecule has 4 heteroatoms. The van der Waals surface area contributed by atoms with Crippen molar-refractivity contribution >= 4 is 23.2 Å². The van der Waals surface area contributed by atoms with Crippen molar-refractivity contribution in [1.82, 2.24) is 0 Å². The van der Waals surface area contributed by atoms with Gasteiger partial charge < -0.3 is 10.5 Å². The van der Waals surface area contributed by atoms with Crippen LogP contribution in [0.1, 0.15) is 12.5 Å². The Bertz CT molecular complexity index is 553. The third-order valence-corrected chi connectivity index (χ3v) is 3.17. The van der Waals surface area contributed by atoms with Crippen LogP contribution in [0.4, 0.5) is 0 Å². The highest BCUT2D eigenvalue weighted by Crippen LogP contribution is 2.33. The van der Waals surface area contributed by atoms with Crippen molar-refractivity contribution in [2.24, 2.45) is 5.73 Å². The van der Waals surface area contributed by atoms with E-state index in [-0.39, 0.29) is 6.04 Å². The minimum atomic E-state index is 0.0473. The van der Waals surface area contributed by atoms with E-state index in [1.54, 1.807) is 30.3 Å². The number of nitrogens with two attached hydrogens (primary N) is 1. The standard InChI is InChI=1S/C15H15Cl2NO/c1-10(18)9-11-3-2-4-14(17)15(11)19-13-7-5-12(16)6-8-13/h2-8,10H,9,18H2,1H3. The Labute approximate surface area is 123 Å². The Morgan fingerprint density at radius 2 is 1.79 bits per heavy atom. The van der Waals surface area contributed by atoms with Gasteiger partial charge >= 0.3 is 0 Å². The molecular formula is C15H15Cl2NO. The maximum atomic E-state index is 6.20. The van der Waals surface area contributed by atoms with E-state index in [0.29, 0.717) is 28.0 Å². The van der Waals surface area contributed by atoms with E-state index in [2.05, 4.69) is 0 Å². The summed E-state index contributed by atoms with van der Waals surface area (Å²) in [6.45, 7) is 1.95. The van der Waals surface area contributed by atoms with E-state index in [1.807, 2.05) is 19.1 Å². The fraction of sp³-hybridized carbons (Fsp3) is 0.200. The summed E-state index contributed by atoms with van der Waals surface area (Å²) in [6, 6.07) is 12.9. The van der Waals surface area contributed by atoms with Crippen LogP contribution in [0.2, 0.25) is 10.0 Å². The monoisotopic (exact) mass is 295 g/mol. The summed E-state index contributed by atoms with van der Waals surface area (Å²) in [5, 5.41) is 1.25. The average Bonchev–Trinajstić information content (AvgIpc) is 2.35. The lowest BCUT2D eigenvalue weighted by Crippen LogP contribution is -2.18. The normalized spacial score (nSPS) is 12.2. The fourth-order valence-electron chi connectivity index (χ4n) is 1.80. The fourth-order valence-corrected chi connectivity index (χ4v) is 2.15. The van der Waals surface area contributed by atoms with Crippen LogP contribution in [0.25, 0.3) is 0 Å². The number of para-hydroxylation sites is 1. The van der Waals surface area contributed by atoms with Crippen molar-refractivity contribution in [2.45, 2.75) is 19.4 Å². The molecule has 1 atom stereocenters. The van der Waals surface area contributed by atoms with E-state index in [4.69, 9.17) is 33.7 Å². The lowest BCUT2D eigenvalue weighted by molar-refractivity contribution is 0.474. The number of hydrogen-bond donors (Lipinski definition) is 1. The molecule has 0 saturated carbocycles. The minimum absolute atomic E-state index is 0.0473. The maximum absolute atomic E-state index is 6.20.